The Kier molecular flexibility index (Phi) is 13.1. The van der Waals surface area contributed by atoms with Gasteiger partial charge in [-0.05, 0) is 18.1 Å². The van der Waals surface area contributed by atoms with Crippen LogP contribution in [0, 0.1) is 5.92 Å². The van der Waals surface area contributed by atoms with E-state index in [2.05, 4.69) is 19.9 Å². The monoisotopic (exact) mass is 320 g/mol. The summed E-state index contributed by atoms with van der Waals surface area (Å²) in [5, 5.41) is 0. The predicted octanol–water partition coefficient (Wildman–Crippen LogP) is 7.94. The van der Waals surface area contributed by atoms with Gasteiger partial charge < -0.3 is 4.42 Å². The lowest BCUT2D eigenvalue weighted by Crippen LogP contribution is -2.05. The quantitative estimate of drug-likeness (QED) is 0.282. The smallest absolute Gasteiger partial charge is 0.104 e. The molecule has 0 aliphatic carbocycles. The molecular formula is C22H40O. The molecule has 0 aromatic carbocycles. The number of furan rings is 1. The van der Waals surface area contributed by atoms with Gasteiger partial charge in [-0.2, -0.15) is 0 Å². The van der Waals surface area contributed by atoms with Crippen molar-refractivity contribution in [2.75, 3.05) is 0 Å². The average Bonchev–Trinajstić information content (AvgIpc) is 3.06. The van der Waals surface area contributed by atoms with Gasteiger partial charge in [-0.25, -0.2) is 0 Å². The van der Waals surface area contributed by atoms with Crippen molar-refractivity contribution in [2.24, 2.45) is 5.92 Å². The van der Waals surface area contributed by atoms with Gasteiger partial charge in [-0.3, -0.25) is 0 Å². The van der Waals surface area contributed by atoms with Crippen molar-refractivity contribution in [3.8, 4) is 0 Å². The van der Waals surface area contributed by atoms with E-state index in [1.165, 1.54) is 95.7 Å². The molecule has 0 saturated carbocycles. The molecule has 0 aliphatic rings. The van der Waals surface area contributed by atoms with Gasteiger partial charge in [0.05, 0.1) is 6.26 Å². The number of hydrogen-bond donors (Lipinski definition) is 0. The molecule has 1 aromatic rings. The SMILES string of the molecule is CCCCCCCCC(CCCCCCCC)Cc1ccco1. The average molecular weight is 321 g/mol. The van der Waals surface area contributed by atoms with Crippen LogP contribution in [0.3, 0.4) is 0 Å². The van der Waals surface area contributed by atoms with Crippen LogP contribution in [0.15, 0.2) is 22.8 Å². The minimum absolute atomic E-state index is 0.832. The zero-order chi connectivity index (χ0) is 16.6. The van der Waals surface area contributed by atoms with E-state index in [1.54, 1.807) is 0 Å². The molecule has 0 spiro atoms. The molecular weight excluding hydrogens is 280 g/mol. The summed E-state index contributed by atoms with van der Waals surface area (Å²) in [5.74, 6) is 2.02. The Morgan fingerprint density at radius 3 is 1.74 bits per heavy atom. The molecule has 1 rings (SSSR count). The molecule has 1 aromatic heterocycles. The van der Waals surface area contributed by atoms with E-state index in [0.717, 1.165) is 12.3 Å². The van der Waals surface area contributed by atoms with Crippen molar-refractivity contribution in [3.05, 3.63) is 24.2 Å². The fourth-order valence-corrected chi connectivity index (χ4v) is 3.49. The fourth-order valence-electron chi connectivity index (χ4n) is 3.49. The summed E-state index contributed by atoms with van der Waals surface area (Å²) < 4.78 is 5.58. The molecule has 0 aliphatic heterocycles. The van der Waals surface area contributed by atoms with Gasteiger partial charge in [0.15, 0.2) is 0 Å². The topological polar surface area (TPSA) is 13.1 Å². The Hall–Kier alpha value is -0.720. The molecule has 134 valence electrons. The van der Waals surface area contributed by atoms with Crippen molar-refractivity contribution in [1.29, 1.82) is 0 Å². The zero-order valence-electron chi connectivity index (χ0n) is 15.8. The van der Waals surface area contributed by atoms with Crippen molar-refractivity contribution >= 4 is 0 Å². The highest BCUT2D eigenvalue weighted by atomic mass is 16.3. The highest BCUT2D eigenvalue weighted by Crippen LogP contribution is 2.23. The maximum Gasteiger partial charge on any atom is 0.104 e. The molecule has 23 heavy (non-hydrogen) atoms. The van der Waals surface area contributed by atoms with E-state index < -0.39 is 0 Å². The lowest BCUT2D eigenvalue weighted by molar-refractivity contribution is 0.369. The molecule has 1 heterocycles. The first-order valence-corrected chi connectivity index (χ1v) is 10.4. The number of hydrogen-bond acceptors (Lipinski definition) is 1. The summed E-state index contributed by atoms with van der Waals surface area (Å²) in [6, 6.07) is 4.18. The maximum atomic E-state index is 5.58. The predicted molar refractivity (Wildman–Crippen MR) is 102 cm³/mol. The standard InChI is InChI=1S/C22H40O/c1-3-5-7-9-11-13-16-21(20-22-18-15-19-23-22)17-14-12-10-8-6-4-2/h15,18-19,21H,3-14,16-17,20H2,1-2H3. The first-order chi connectivity index (χ1) is 11.4. The molecule has 0 fully saturated rings. The molecule has 0 amide bonds. The van der Waals surface area contributed by atoms with Crippen LogP contribution in [0.5, 0.6) is 0 Å². The maximum absolute atomic E-state index is 5.58. The third-order valence-corrected chi connectivity index (χ3v) is 5.00. The Labute approximate surface area is 145 Å². The molecule has 1 heteroatoms. The van der Waals surface area contributed by atoms with Crippen molar-refractivity contribution in [2.45, 2.75) is 110 Å². The minimum Gasteiger partial charge on any atom is -0.469 e. The molecule has 0 atom stereocenters. The van der Waals surface area contributed by atoms with Crippen molar-refractivity contribution < 1.29 is 4.42 Å². The second-order valence-corrected chi connectivity index (χ2v) is 7.26. The van der Waals surface area contributed by atoms with Crippen LogP contribution in [0.25, 0.3) is 0 Å². The highest BCUT2D eigenvalue weighted by molar-refractivity contribution is 4.99. The lowest BCUT2D eigenvalue weighted by Gasteiger charge is -2.16. The Morgan fingerprint density at radius 2 is 1.26 bits per heavy atom. The summed E-state index contributed by atoms with van der Waals surface area (Å²) in [6.07, 6.45) is 22.6. The van der Waals surface area contributed by atoms with Crippen LogP contribution in [-0.2, 0) is 6.42 Å². The lowest BCUT2D eigenvalue weighted by atomic mass is 9.90. The van der Waals surface area contributed by atoms with E-state index in [4.69, 9.17) is 4.42 Å². The van der Waals surface area contributed by atoms with E-state index in [1.807, 2.05) is 12.3 Å². The van der Waals surface area contributed by atoms with Crippen LogP contribution < -0.4 is 0 Å². The first kappa shape index (κ1) is 20.3. The van der Waals surface area contributed by atoms with Crippen LogP contribution in [0.1, 0.15) is 109 Å². The van der Waals surface area contributed by atoms with Gasteiger partial charge in [-0.15, -0.1) is 0 Å². The Morgan fingerprint density at radius 1 is 0.739 bits per heavy atom. The second kappa shape index (κ2) is 14.8. The molecule has 0 radical (unpaired) electrons. The second-order valence-electron chi connectivity index (χ2n) is 7.26. The van der Waals surface area contributed by atoms with Gasteiger partial charge in [0.1, 0.15) is 5.76 Å². The molecule has 0 N–H and O–H groups in total. The van der Waals surface area contributed by atoms with Gasteiger partial charge in [0, 0.05) is 6.42 Å². The summed E-state index contributed by atoms with van der Waals surface area (Å²) in [7, 11) is 0. The molecule has 0 bridgehead atoms. The third-order valence-electron chi connectivity index (χ3n) is 5.00. The highest BCUT2D eigenvalue weighted by Gasteiger charge is 2.11. The van der Waals surface area contributed by atoms with Gasteiger partial charge in [-0.1, -0.05) is 104 Å². The molecule has 1 nitrogen and oxygen atoms in total. The van der Waals surface area contributed by atoms with Crippen LogP contribution in [0.4, 0.5) is 0 Å². The normalized spacial score (nSPS) is 11.4. The summed E-state index contributed by atoms with van der Waals surface area (Å²) in [5.41, 5.74) is 0. The number of rotatable bonds is 16. The van der Waals surface area contributed by atoms with Gasteiger partial charge in [0.2, 0.25) is 0 Å². The Bertz CT molecular complexity index is 312. The first-order valence-electron chi connectivity index (χ1n) is 10.4. The van der Waals surface area contributed by atoms with Crippen LogP contribution >= 0.6 is 0 Å². The third kappa shape index (κ3) is 11.5. The van der Waals surface area contributed by atoms with E-state index >= 15 is 0 Å². The largest absolute Gasteiger partial charge is 0.469 e. The van der Waals surface area contributed by atoms with Crippen LogP contribution in [0.2, 0.25) is 0 Å². The van der Waals surface area contributed by atoms with Crippen molar-refractivity contribution in [3.63, 3.8) is 0 Å². The van der Waals surface area contributed by atoms with E-state index in [9.17, 15) is 0 Å². The number of unbranched alkanes of at least 4 members (excludes halogenated alkanes) is 10. The molecule has 0 saturated heterocycles. The van der Waals surface area contributed by atoms with E-state index in [-0.39, 0.29) is 0 Å². The summed E-state index contributed by atoms with van der Waals surface area (Å²) >= 11 is 0. The van der Waals surface area contributed by atoms with E-state index in [0.29, 0.717) is 0 Å². The van der Waals surface area contributed by atoms with Gasteiger partial charge >= 0.3 is 0 Å². The van der Waals surface area contributed by atoms with Gasteiger partial charge in [0.25, 0.3) is 0 Å². The van der Waals surface area contributed by atoms with Crippen LogP contribution in [-0.4, -0.2) is 0 Å². The molecule has 0 unspecified atom stereocenters. The minimum atomic E-state index is 0.832. The fraction of sp³-hybridized carbons (Fsp3) is 0.818. The summed E-state index contributed by atoms with van der Waals surface area (Å²) in [6.45, 7) is 4.58. The Balaban J connectivity index is 2.17. The van der Waals surface area contributed by atoms with Crippen molar-refractivity contribution in [1.82, 2.24) is 0 Å². The zero-order valence-corrected chi connectivity index (χ0v) is 15.8. The summed E-state index contributed by atoms with van der Waals surface area (Å²) in [4.78, 5) is 0.